The molecule has 0 aliphatic heterocycles. The Morgan fingerprint density at radius 3 is 1.94 bits per heavy atom. The van der Waals surface area contributed by atoms with Crippen LogP contribution in [0.25, 0.3) is 0 Å². The molecule has 0 saturated heterocycles. The lowest BCUT2D eigenvalue weighted by molar-refractivity contribution is -0.141. The molecule has 0 amide bonds. The summed E-state index contributed by atoms with van der Waals surface area (Å²) in [6, 6.07) is -0.0650. The van der Waals surface area contributed by atoms with E-state index < -0.39 is 53.4 Å². The van der Waals surface area contributed by atoms with Crippen LogP contribution in [-0.2, 0) is 4.79 Å². The Kier molecular flexibility index (Phi) is 4.25. The fourth-order valence-corrected chi connectivity index (χ4v) is 1.33. The molecule has 100 valence electrons. The average molecular weight is 268 g/mol. The van der Waals surface area contributed by atoms with E-state index in [0.29, 0.717) is 0 Å². The number of carboxylic acid groups (broad SMARTS) is 1. The molecule has 2 atom stereocenters. The second-order valence-electron chi connectivity index (χ2n) is 3.49. The molecule has 1 rings (SSSR count). The lowest BCUT2D eigenvalue weighted by Crippen LogP contribution is -2.24. The number of benzene rings is 1. The Labute approximate surface area is 98.1 Å². The summed E-state index contributed by atoms with van der Waals surface area (Å²) < 4.78 is 52.0. The second-order valence-corrected chi connectivity index (χ2v) is 3.49. The lowest BCUT2D eigenvalue weighted by Gasteiger charge is -2.18. The SMILES string of the molecule is O=C(O)CC(O)C(O)c1c(F)c(F)cc(F)c1F. The van der Waals surface area contributed by atoms with E-state index >= 15 is 0 Å². The zero-order valence-electron chi connectivity index (χ0n) is 8.70. The van der Waals surface area contributed by atoms with Gasteiger partial charge in [0.05, 0.1) is 18.1 Å². The van der Waals surface area contributed by atoms with E-state index in [2.05, 4.69) is 0 Å². The summed E-state index contributed by atoms with van der Waals surface area (Å²) in [4.78, 5) is 10.2. The van der Waals surface area contributed by atoms with Crippen LogP contribution in [0.2, 0.25) is 0 Å². The molecule has 1 aromatic carbocycles. The van der Waals surface area contributed by atoms with Crippen molar-refractivity contribution in [2.45, 2.75) is 18.6 Å². The molecular formula is C10H8F4O4. The van der Waals surface area contributed by atoms with Crippen molar-refractivity contribution in [1.82, 2.24) is 0 Å². The highest BCUT2D eigenvalue weighted by Gasteiger charge is 2.30. The van der Waals surface area contributed by atoms with Crippen molar-refractivity contribution in [2.75, 3.05) is 0 Å². The summed E-state index contributed by atoms with van der Waals surface area (Å²) in [7, 11) is 0. The van der Waals surface area contributed by atoms with Crippen molar-refractivity contribution in [3.8, 4) is 0 Å². The maximum Gasteiger partial charge on any atom is 0.306 e. The van der Waals surface area contributed by atoms with Gasteiger partial charge in [-0.3, -0.25) is 4.79 Å². The Hall–Kier alpha value is -1.67. The molecule has 0 fully saturated rings. The molecule has 0 heterocycles. The average Bonchev–Trinajstić information content (AvgIpc) is 2.25. The minimum Gasteiger partial charge on any atom is -0.481 e. The minimum atomic E-state index is -2.40. The molecule has 0 saturated carbocycles. The van der Waals surface area contributed by atoms with Crippen LogP contribution >= 0.6 is 0 Å². The smallest absolute Gasteiger partial charge is 0.306 e. The highest BCUT2D eigenvalue weighted by atomic mass is 19.2. The van der Waals surface area contributed by atoms with Crippen LogP contribution in [0.5, 0.6) is 0 Å². The first-order chi connectivity index (χ1) is 8.25. The summed E-state index contributed by atoms with van der Waals surface area (Å²) in [6.45, 7) is 0. The number of carboxylic acids is 1. The number of halogens is 4. The monoisotopic (exact) mass is 268 g/mol. The number of carbonyl (C=O) groups is 1. The summed E-state index contributed by atoms with van der Waals surface area (Å²) in [5, 5.41) is 26.8. The van der Waals surface area contributed by atoms with Gasteiger partial charge >= 0.3 is 5.97 Å². The van der Waals surface area contributed by atoms with Crippen LogP contribution in [0.3, 0.4) is 0 Å². The van der Waals surface area contributed by atoms with Crippen LogP contribution in [0.1, 0.15) is 18.1 Å². The molecule has 0 aliphatic rings. The number of hydrogen-bond acceptors (Lipinski definition) is 3. The number of hydrogen-bond donors (Lipinski definition) is 3. The van der Waals surface area contributed by atoms with Gasteiger partial charge in [-0.15, -0.1) is 0 Å². The van der Waals surface area contributed by atoms with Crippen LogP contribution in [0.15, 0.2) is 6.07 Å². The number of aliphatic carboxylic acids is 1. The Morgan fingerprint density at radius 2 is 1.56 bits per heavy atom. The third kappa shape index (κ3) is 2.77. The van der Waals surface area contributed by atoms with Crippen LogP contribution in [-0.4, -0.2) is 27.4 Å². The maximum atomic E-state index is 13.2. The number of aliphatic hydroxyl groups excluding tert-OH is 2. The molecule has 0 bridgehead atoms. The first-order valence-electron chi connectivity index (χ1n) is 4.66. The fraction of sp³-hybridized carbons (Fsp3) is 0.300. The van der Waals surface area contributed by atoms with E-state index in [1.165, 1.54) is 0 Å². The van der Waals surface area contributed by atoms with Crippen molar-refractivity contribution in [3.05, 3.63) is 34.9 Å². The largest absolute Gasteiger partial charge is 0.481 e. The van der Waals surface area contributed by atoms with Crippen molar-refractivity contribution < 1.29 is 37.7 Å². The van der Waals surface area contributed by atoms with E-state index in [-0.39, 0.29) is 6.07 Å². The first kappa shape index (κ1) is 14.4. The van der Waals surface area contributed by atoms with Gasteiger partial charge in [0.1, 0.15) is 6.10 Å². The van der Waals surface area contributed by atoms with Crippen LogP contribution in [0.4, 0.5) is 17.6 Å². The zero-order valence-corrected chi connectivity index (χ0v) is 8.70. The highest BCUT2D eigenvalue weighted by molar-refractivity contribution is 5.67. The fourth-order valence-electron chi connectivity index (χ4n) is 1.33. The summed E-state index contributed by atoms with van der Waals surface area (Å²) in [6.07, 6.45) is -5.54. The molecular weight excluding hydrogens is 260 g/mol. The predicted molar refractivity (Wildman–Crippen MR) is 49.5 cm³/mol. The van der Waals surface area contributed by atoms with Gasteiger partial charge in [0.2, 0.25) is 0 Å². The van der Waals surface area contributed by atoms with Gasteiger partial charge in [-0.2, -0.15) is 0 Å². The molecule has 0 aromatic heterocycles. The Bertz CT molecular complexity index is 451. The third-order valence-electron chi connectivity index (χ3n) is 2.19. The van der Waals surface area contributed by atoms with Crippen molar-refractivity contribution >= 4 is 5.97 Å². The van der Waals surface area contributed by atoms with Gasteiger partial charge in [0.25, 0.3) is 0 Å². The lowest BCUT2D eigenvalue weighted by atomic mass is 10.0. The number of rotatable bonds is 4. The quantitative estimate of drug-likeness (QED) is 0.564. The van der Waals surface area contributed by atoms with E-state index in [0.717, 1.165) is 0 Å². The van der Waals surface area contributed by atoms with Gasteiger partial charge < -0.3 is 15.3 Å². The summed E-state index contributed by atoms with van der Waals surface area (Å²) >= 11 is 0. The first-order valence-corrected chi connectivity index (χ1v) is 4.66. The molecule has 1 aromatic rings. The molecule has 0 aliphatic carbocycles. The Balaban J connectivity index is 3.20. The van der Waals surface area contributed by atoms with Crippen molar-refractivity contribution in [3.63, 3.8) is 0 Å². The topological polar surface area (TPSA) is 77.8 Å². The minimum absolute atomic E-state index is 0.0650. The van der Waals surface area contributed by atoms with Crippen LogP contribution in [0, 0.1) is 23.3 Å². The van der Waals surface area contributed by atoms with Crippen molar-refractivity contribution in [1.29, 1.82) is 0 Å². The van der Waals surface area contributed by atoms with E-state index in [4.69, 9.17) is 10.2 Å². The Morgan fingerprint density at radius 1 is 1.11 bits per heavy atom. The molecule has 0 spiro atoms. The molecule has 3 N–H and O–H groups in total. The number of aliphatic hydroxyl groups is 2. The van der Waals surface area contributed by atoms with Crippen molar-refractivity contribution in [2.24, 2.45) is 0 Å². The molecule has 4 nitrogen and oxygen atoms in total. The molecule has 8 heteroatoms. The van der Waals surface area contributed by atoms with Gasteiger partial charge in [-0.25, -0.2) is 17.6 Å². The molecule has 2 unspecified atom stereocenters. The van der Waals surface area contributed by atoms with E-state index in [9.17, 15) is 27.5 Å². The van der Waals surface area contributed by atoms with Gasteiger partial charge in [0.15, 0.2) is 23.3 Å². The normalized spacial score (nSPS) is 14.3. The standard InChI is InChI=1S/C10H8F4O4/c11-3-1-4(12)9(14)7(8(3)13)10(18)5(15)2-6(16)17/h1,5,10,15,18H,2H2,(H,16,17). The summed E-state index contributed by atoms with van der Waals surface area (Å²) in [5.41, 5.74) is -1.44. The van der Waals surface area contributed by atoms with Gasteiger partial charge in [-0.1, -0.05) is 0 Å². The van der Waals surface area contributed by atoms with E-state index in [1.54, 1.807) is 0 Å². The van der Waals surface area contributed by atoms with Gasteiger partial charge in [0, 0.05) is 6.07 Å². The zero-order chi connectivity index (χ0) is 14.0. The van der Waals surface area contributed by atoms with Gasteiger partial charge in [-0.05, 0) is 0 Å². The van der Waals surface area contributed by atoms with E-state index in [1.807, 2.05) is 0 Å². The maximum absolute atomic E-state index is 13.2. The molecule has 0 radical (unpaired) electrons. The third-order valence-corrected chi connectivity index (χ3v) is 2.19. The highest BCUT2D eigenvalue weighted by Crippen LogP contribution is 2.28. The van der Waals surface area contributed by atoms with Crippen LogP contribution < -0.4 is 0 Å². The second kappa shape index (κ2) is 5.32. The summed E-state index contributed by atoms with van der Waals surface area (Å²) in [5.74, 6) is -8.84. The molecule has 18 heavy (non-hydrogen) atoms. The predicted octanol–water partition coefficient (Wildman–Crippen LogP) is 1.11.